The number of thiophene rings is 1. The van der Waals surface area contributed by atoms with Crippen molar-refractivity contribution in [1.29, 1.82) is 0 Å². The third-order valence-electron chi connectivity index (χ3n) is 4.69. The molecule has 2 aliphatic rings. The molecule has 0 saturated heterocycles. The second kappa shape index (κ2) is 6.48. The van der Waals surface area contributed by atoms with Gasteiger partial charge in [0.1, 0.15) is 0 Å². The minimum Gasteiger partial charge on any atom is -0.454 e. The summed E-state index contributed by atoms with van der Waals surface area (Å²) in [5.74, 6) is 2.36. The van der Waals surface area contributed by atoms with Gasteiger partial charge in [-0.3, -0.25) is 4.79 Å². The van der Waals surface area contributed by atoms with Crippen LogP contribution in [-0.2, 0) is 19.3 Å². The molecule has 4 rings (SSSR count). The van der Waals surface area contributed by atoms with E-state index in [1.165, 1.54) is 16.9 Å². The predicted octanol–water partition coefficient (Wildman–Crippen LogP) is 3.57. The number of hydrogen-bond donors (Lipinski definition) is 1. The SMILES string of the molecule is CC1CCc2sc(C(=O)NCCc3ccc4c(c3)OCO4)cc2C1. The number of ether oxygens (including phenoxy) is 2. The third kappa shape index (κ3) is 3.13. The summed E-state index contributed by atoms with van der Waals surface area (Å²) in [4.78, 5) is 14.6. The fourth-order valence-electron chi connectivity index (χ4n) is 3.32. The summed E-state index contributed by atoms with van der Waals surface area (Å²) in [6, 6.07) is 8.02. The first-order chi connectivity index (χ1) is 11.7. The van der Waals surface area contributed by atoms with E-state index in [9.17, 15) is 4.79 Å². The summed E-state index contributed by atoms with van der Waals surface area (Å²) in [5, 5.41) is 3.03. The molecule has 0 spiro atoms. The molecule has 1 N–H and O–H groups in total. The maximum atomic E-state index is 12.4. The van der Waals surface area contributed by atoms with Crippen LogP contribution in [0.25, 0.3) is 0 Å². The minimum absolute atomic E-state index is 0.0443. The highest BCUT2D eigenvalue weighted by atomic mass is 32.1. The first-order valence-electron chi connectivity index (χ1n) is 8.47. The van der Waals surface area contributed by atoms with Gasteiger partial charge in [0.2, 0.25) is 6.79 Å². The van der Waals surface area contributed by atoms with Gasteiger partial charge in [-0.15, -0.1) is 11.3 Å². The summed E-state index contributed by atoms with van der Waals surface area (Å²) < 4.78 is 10.7. The van der Waals surface area contributed by atoms with E-state index in [0.717, 1.165) is 47.1 Å². The van der Waals surface area contributed by atoms with Crippen LogP contribution in [0.4, 0.5) is 0 Å². The van der Waals surface area contributed by atoms with Crippen molar-refractivity contribution >= 4 is 17.2 Å². The molecule has 1 amide bonds. The van der Waals surface area contributed by atoms with Crippen molar-refractivity contribution in [1.82, 2.24) is 5.32 Å². The zero-order chi connectivity index (χ0) is 16.5. The minimum atomic E-state index is 0.0443. The molecule has 24 heavy (non-hydrogen) atoms. The Balaban J connectivity index is 1.34. The van der Waals surface area contributed by atoms with Crippen LogP contribution in [0.3, 0.4) is 0 Å². The lowest BCUT2D eigenvalue weighted by molar-refractivity contribution is 0.0958. The molecule has 0 saturated carbocycles. The van der Waals surface area contributed by atoms with Crippen LogP contribution in [0.5, 0.6) is 11.5 Å². The number of carbonyl (C=O) groups is 1. The Morgan fingerprint density at radius 1 is 1.29 bits per heavy atom. The molecule has 2 heterocycles. The van der Waals surface area contributed by atoms with E-state index in [1.807, 2.05) is 18.2 Å². The molecule has 1 aliphatic heterocycles. The normalized spacial score (nSPS) is 18.3. The van der Waals surface area contributed by atoms with Crippen molar-refractivity contribution in [3.8, 4) is 11.5 Å². The van der Waals surface area contributed by atoms with E-state index >= 15 is 0 Å². The number of carbonyl (C=O) groups excluding carboxylic acids is 1. The fourth-order valence-corrected chi connectivity index (χ4v) is 4.45. The van der Waals surface area contributed by atoms with Crippen LogP contribution in [0.1, 0.15) is 39.0 Å². The van der Waals surface area contributed by atoms with Crippen molar-refractivity contribution in [2.45, 2.75) is 32.6 Å². The Morgan fingerprint density at radius 3 is 3.08 bits per heavy atom. The van der Waals surface area contributed by atoms with E-state index in [2.05, 4.69) is 18.3 Å². The van der Waals surface area contributed by atoms with Crippen LogP contribution in [0.2, 0.25) is 0 Å². The number of hydrogen-bond acceptors (Lipinski definition) is 4. The zero-order valence-electron chi connectivity index (χ0n) is 13.8. The van der Waals surface area contributed by atoms with Gasteiger partial charge < -0.3 is 14.8 Å². The van der Waals surface area contributed by atoms with E-state index in [0.29, 0.717) is 6.54 Å². The molecule has 0 radical (unpaired) electrons. The predicted molar refractivity (Wildman–Crippen MR) is 94.1 cm³/mol. The van der Waals surface area contributed by atoms with Gasteiger partial charge in [-0.2, -0.15) is 0 Å². The Morgan fingerprint density at radius 2 is 2.17 bits per heavy atom. The summed E-state index contributed by atoms with van der Waals surface area (Å²) in [6.07, 6.45) is 4.24. The molecule has 2 aromatic rings. The highest BCUT2D eigenvalue weighted by Gasteiger charge is 2.20. The van der Waals surface area contributed by atoms with Crippen LogP contribution >= 0.6 is 11.3 Å². The second-order valence-electron chi connectivity index (χ2n) is 6.60. The van der Waals surface area contributed by atoms with Gasteiger partial charge in [0.05, 0.1) is 4.88 Å². The van der Waals surface area contributed by atoms with E-state index < -0.39 is 0 Å². The fraction of sp³-hybridized carbons (Fsp3) is 0.421. The molecule has 5 heteroatoms. The van der Waals surface area contributed by atoms with Crippen molar-refractivity contribution < 1.29 is 14.3 Å². The van der Waals surface area contributed by atoms with Gasteiger partial charge in [0.25, 0.3) is 5.91 Å². The summed E-state index contributed by atoms with van der Waals surface area (Å²) >= 11 is 1.66. The Kier molecular flexibility index (Phi) is 4.19. The molecule has 1 aliphatic carbocycles. The van der Waals surface area contributed by atoms with Crippen molar-refractivity contribution in [3.63, 3.8) is 0 Å². The Bertz CT molecular complexity index is 768. The first-order valence-corrected chi connectivity index (χ1v) is 9.29. The third-order valence-corrected chi connectivity index (χ3v) is 5.93. The van der Waals surface area contributed by atoms with Crippen LogP contribution in [-0.4, -0.2) is 19.2 Å². The molecule has 126 valence electrons. The standard InChI is InChI=1S/C19H21NO3S/c1-12-2-5-17-14(8-12)10-18(24-17)19(21)20-7-6-13-3-4-15-16(9-13)23-11-22-15/h3-4,9-10,12H,2,5-8,11H2,1H3,(H,20,21). The molecule has 0 fully saturated rings. The van der Waals surface area contributed by atoms with Gasteiger partial charge in [0.15, 0.2) is 11.5 Å². The summed E-state index contributed by atoms with van der Waals surface area (Å²) in [5.41, 5.74) is 2.51. The van der Waals surface area contributed by atoms with Gasteiger partial charge in [-0.05, 0) is 60.9 Å². The number of nitrogens with one attached hydrogen (secondary N) is 1. The van der Waals surface area contributed by atoms with Gasteiger partial charge >= 0.3 is 0 Å². The van der Waals surface area contributed by atoms with E-state index in [1.54, 1.807) is 11.3 Å². The molecular formula is C19H21NO3S. The van der Waals surface area contributed by atoms with Crippen molar-refractivity contribution in [3.05, 3.63) is 45.1 Å². The van der Waals surface area contributed by atoms with Crippen molar-refractivity contribution in [2.75, 3.05) is 13.3 Å². The van der Waals surface area contributed by atoms with Crippen LogP contribution in [0.15, 0.2) is 24.3 Å². The van der Waals surface area contributed by atoms with Crippen molar-refractivity contribution in [2.24, 2.45) is 5.92 Å². The Hall–Kier alpha value is -2.01. The van der Waals surface area contributed by atoms with E-state index in [4.69, 9.17) is 9.47 Å². The maximum Gasteiger partial charge on any atom is 0.261 e. The molecule has 1 aromatic heterocycles. The first kappa shape index (κ1) is 15.5. The number of rotatable bonds is 4. The Labute approximate surface area is 145 Å². The lowest BCUT2D eigenvalue weighted by atomic mass is 9.90. The number of amides is 1. The quantitative estimate of drug-likeness (QED) is 0.923. The monoisotopic (exact) mass is 343 g/mol. The zero-order valence-corrected chi connectivity index (χ0v) is 14.6. The smallest absolute Gasteiger partial charge is 0.261 e. The summed E-state index contributed by atoms with van der Waals surface area (Å²) in [7, 11) is 0. The average Bonchev–Trinajstić information content (AvgIpc) is 3.20. The highest BCUT2D eigenvalue weighted by Crippen LogP contribution is 2.33. The molecular weight excluding hydrogens is 322 g/mol. The lowest BCUT2D eigenvalue weighted by Crippen LogP contribution is -2.24. The van der Waals surface area contributed by atoms with Gasteiger partial charge in [-0.25, -0.2) is 0 Å². The maximum absolute atomic E-state index is 12.4. The molecule has 4 nitrogen and oxygen atoms in total. The van der Waals surface area contributed by atoms with Crippen LogP contribution in [0, 0.1) is 5.92 Å². The van der Waals surface area contributed by atoms with Gasteiger partial charge in [0, 0.05) is 11.4 Å². The van der Waals surface area contributed by atoms with Crippen LogP contribution < -0.4 is 14.8 Å². The second-order valence-corrected chi connectivity index (χ2v) is 7.74. The highest BCUT2D eigenvalue weighted by molar-refractivity contribution is 7.14. The number of aryl methyl sites for hydroxylation is 1. The lowest BCUT2D eigenvalue weighted by Gasteiger charge is -2.16. The van der Waals surface area contributed by atoms with Gasteiger partial charge in [-0.1, -0.05) is 13.0 Å². The molecule has 0 bridgehead atoms. The molecule has 1 atom stereocenters. The van der Waals surface area contributed by atoms with E-state index in [-0.39, 0.29) is 12.7 Å². The molecule has 1 aromatic carbocycles. The number of fused-ring (bicyclic) bond motifs is 2. The topological polar surface area (TPSA) is 47.6 Å². The number of benzene rings is 1. The average molecular weight is 343 g/mol. The summed E-state index contributed by atoms with van der Waals surface area (Å²) in [6.45, 7) is 3.19. The largest absolute Gasteiger partial charge is 0.454 e. The molecule has 1 unspecified atom stereocenters.